The van der Waals surface area contributed by atoms with Crippen LogP contribution in [0.5, 0.6) is 92.0 Å². The second-order valence-corrected chi connectivity index (χ2v) is 33.2. The van der Waals surface area contributed by atoms with E-state index in [-0.39, 0.29) is 32.7 Å². The second-order valence-electron chi connectivity index (χ2n) is 28.9. The Labute approximate surface area is 744 Å². The largest absolute Gasteiger partial charge is 0.457 e. The minimum Gasteiger partial charge on any atom is -0.457 e. The zero-order valence-electron chi connectivity index (χ0n) is 68.5. The van der Waals surface area contributed by atoms with Gasteiger partial charge >= 0.3 is 12.4 Å². The first-order valence-electron chi connectivity index (χ1n) is 39.2. The van der Waals surface area contributed by atoms with Crippen LogP contribution in [0, 0.1) is 0 Å². The first kappa shape index (κ1) is 90.3. The summed E-state index contributed by atoms with van der Waals surface area (Å²) in [7, 11) is -3.68. The summed E-state index contributed by atoms with van der Waals surface area (Å²) in [6, 6.07) is 108. The molecular weight excluding hydrogens is 1700 g/mol. The molecule has 0 atom stereocenters. The van der Waals surface area contributed by atoms with Gasteiger partial charge < -0.3 is 83.8 Å². The molecule has 0 aliphatic heterocycles. The molecule has 16 rings (SSSR count). The van der Waals surface area contributed by atoms with E-state index in [4.69, 9.17) is 83.8 Å². The number of hydrogen-bond donors (Lipinski definition) is 8. The molecule has 16 aromatic rings. The SMILES string of the molecule is CC(C)(c1ccc(Oc2ccc(N)c(C(F)(F)F)c2)cc1)c1ccc(Oc2ccc(N)c(C(F)(F)F)c2)cc1.Nc1ccc(Oc2ccc(Sc3ccc(Oc4ccc(N)cc4)cc3)cc2)cc1.Nc1cccc(Oc2ccc(S(=O)(=O)c3ccc(Oc4cccc(N)c4)cc3)cc2)c1.Nc1cccc(Oc2ccc(Sc3ccc(Oc4cccc(N)c4)cc3)cc2)c1. The summed E-state index contributed by atoms with van der Waals surface area (Å²) in [5.74, 6) is 8.94. The molecule has 27 heteroatoms. The number of nitrogens with two attached hydrogens (primary N) is 8. The number of hydrogen-bond acceptors (Lipinski definition) is 20. The molecule has 128 heavy (non-hydrogen) atoms. The third kappa shape index (κ3) is 25.8. The van der Waals surface area contributed by atoms with Gasteiger partial charge in [0.15, 0.2) is 0 Å². The van der Waals surface area contributed by atoms with Crippen LogP contribution in [0.25, 0.3) is 0 Å². The first-order chi connectivity index (χ1) is 61.3. The van der Waals surface area contributed by atoms with Gasteiger partial charge in [-0.25, -0.2) is 8.42 Å². The lowest BCUT2D eigenvalue weighted by atomic mass is 9.78. The highest BCUT2D eigenvalue weighted by Gasteiger charge is 2.35. The molecular formula is C101H84F6N8O10S3. The average molecular weight is 1780 g/mol. The molecule has 0 unspecified atom stereocenters. The summed E-state index contributed by atoms with van der Waals surface area (Å²) in [5, 5.41) is 0. The van der Waals surface area contributed by atoms with Crippen LogP contribution in [0.2, 0.25) is 0 Å². The number of alkyl halides is 6. The van der Waals surface area contributed by atoms with Crippen LogP contribution in [0.4, 0.5) is 71.8 Å². The van der Waals surface area contributed by atoms with Crippen LogP contribution >= 0.6 is 23.5 Å². The van der Waals surface area contributed by atoms with Gasteiger partial charge in [-0.05, 0) is 314 Å². The molecule has 0 saturated carbocycles. The summed E-state index contributed by atoms with van der Waals surface area (Å²) in [4.78, 5) is 4.82. The number of anilines is 8. The molecule has 0 aliphatic rings. The third-order valence-electron chi connectivity index (χ3n) is 18.9. The van der Waals surface area contributed by atoms with Gasteiger partial charge in [-0.1, -0.05) is 85.9 Å². The molecule has 0 aliphatic carbocycles. The quantitative estimate of drug-likeness (QED) is 0.0206. The maximum absolute atomic E-state index is 13.1. The molecule has 0 bridgehead atoms. The van der Waals surface area contributed by atoms with Crippen molar-refractivity contribution in [2.24, 2.45) is 0 Å². The van der Waals surface area contributed by atoms with E-state index in [0.717, 1.165) is 101 Å². The van der Waals surface area contributed by atoms with E-state index >= 15 is 0 Å². The molecule has 0 fully saturated rings. The number of nitrogen functional groups attached to an aromatic ring is 8. The van der Waals surface area contributed by atoms with Gasteiger partial charge in [0.2, 0.25) is 9.84 Å². The van der Waals surface area contributed by atoms with Crippen molar-refractivity contribution in [3.8, 4) is 92.0 Å². The van der Waals surface area contributed by atoms with Gasteiger partial charge in [0.1, 0.15) is 92.0 Å². The number of ether oxygens (including phenoxy) is 8. The number of benzene rings is 16. The number of halogens is 6. The van der Waals surface area contributed by atoms with Gasteiger partial charge in [0.05, 0.1) is 20.9 Å². The molecule has 0 aromatic heterocycles. The van der Waals surface area contributed by atoms with Crippen molar-refractivity contribution in [1.29, 1.82) is 0 Å². The van der Waals surface area contributed by atoms with Crippen LogP contribution < -0.4 is 83.8 Å². The Morgan fingerprint density at radius 2 is 0.422 bits per heavy atom. The summed E-state index contributed by atoms with van der Waals surface area (Å²) in [6.45, 7) is 3.95. The Hall–Kier alpha value is -15.5. The fraction of sp³-hybridized carbons (Fsp3) is 0.0495. The summed E-state index contributed by atoms with van der Waals surface area (Å²) >= 11 is 3.35. The van der Waals surface area contributed by atoms with Crippen molar-refractivity contribution in [3.63, 3.8) is 0 Å². The summed E-state index contributed by atoms with van der Waals surface area (Å²) in [6.07, 6.45) is -9.20. The molecule has 0 heterocycles. The second kappa shape index (κ2) is 40.9. The van der Waals surface area contributed by atoms with E-state index in [0.29, 0.717) is 68.6 Å². The molecule has 0 saturated heterocycles. The minimum atomic E-state index is -4.60. The molecule has 0 spiro atoms. The Morgan fingerprint density at radius 3 is 0.648 bits per heavy atom. The van der Waals surface area contributed by atoms with E-state index < -0.39 is 38.7 Å². The summed E-state index contributed by atoms with van der Waals surface area (Å²) in [5.41, 5.74) is 47.9. The highest BCUT2D eigenvalue weighted by molar-refractivity contribution is 7.99. The lowest BCUT2D eigenvalue weighted by Gasteiger charge is -2.26. The van der Waals surface area contributed by atoms with Crippen molar-refractivity contribution in [3.05, 3.63) is 398 Å². The van der Waals surface area contributed by atoms with Gasteiger partial charge in [0.25, 0.3) is 0 Å². The van der Waals surface area contributed by atoms with E-state index in [9.17, 15) is 34.8 Å². The molecule has 0 amide bonds. The van der Waals surface area contributed by atoms with Crippen molar-refractivity contribution >= 4 is 78.9 Å². The van der Waals surface area contributed by atoms with Crippen LogP contribution in [0.3, 0.4) is 0 Å². The van der Waals surface area contributed by atoms with Gasteiger partial charge in [-0.3, -0.25) is 0 Å². The minimum absolute atomic E-state index is 0.00239. The fourth-order valence-electron chi connectivity index (χ4n) is 12.3. The zero-order valence-corrected chi connectivity index (χ0v) is 70.9. The number of rotatable bonds is 24. The van der Waals surface area contributed by atoms with Gasteiger partial charge in [0, 0.05) is 94.8 Å². The van der Waals surface area contributed by atoms with Gasteiger partial charge in [-0.15, -0.1) is 0 Å². The Kier molecular flexibility index (Phi) is 28.9. The van der Waals surface area contributed by atoms with Crippen LogP contribution in [0.15, 0.2) is 405 Å². The van der Waals surface area contributed by atoms with Crippen LogP contribution in [-0.2, 0) is 27.6 Å². The van der Waals surface area contributed by atoms with Crippen molar-refractivity contribution < 1.29 is 72.7 Å². The van der Waals surface area contributed by atoms with E-state index in [1.165, 1.54) is 36.4 Å². The normalized spacial score (nSPS) is 11.2. The Morgan fingerprint density at radius 1 is 0.227 bits per heavy atom. The van der Waals surface area contributed by atoms with Gasteiger partial charge in [-0.2, -0.15) is 26.3 Å². The lowest BCUT2D eigenvalue weighted by Crippen LogP contribution is -2.18. The third-order valence-corrected chi connectivity index (χ3v) is 22.7. The lowest BCUT2D eigenvalue weighted by molar-refractivity contribution is -0.137. The maximum atomic E-state index is 13.1. The highest BCUT2D eigenvalue weighted by Crippen LogP contribution is 2.43. The van der Waals surface area contributed by atoms with Crippen molar-refractivity contribution in [2.75, 3.05) is 45.9 Å². The average Bonchev–Trinajstić information content (AvgIpc) is 0.795. The number of sulfone groups is 1. The highest BCUT2D eigenvalue weighted by atomic mass is 32.2. The predicted octanol–water partition coefficient (Wildman–Crippen LogP) is 27.2. The molecule has 0 radical (unpaired) electrons. The Balaban J connectivity index is 0.000000147. The molecule has 18 nitrogen and oxygen atoms in total. The maximum Gasteiger partial charge on any atom is 0.418 e. The zero-order chi connectivity index (χ0) is 90.5. The standard InChI is InChI=1S/C29H24F6N2O2.C24H20N2O4S.2C24H20N2O2S/c1-27(2,17-3-7-19(8-4-17)38-21-11-13-25(36)23(15-21)28(30,31)32)18-5-9-20(10-6-18)39-22-12-14-26(37)24(16-22)29(33,34)35;25-17-3-1-5-21(15-17)29-19-7-11-23(12-8-19)31(27,28)24-13-9-20(10-14-24)30-22-6-2-4-18(26)16-22;25-17-1-5-19(6-2-17)27-21-9-13-23(14-10-21)29-24-15-11-22(12-16-24)28-20-7-3-18(26)4-8-20;25-17-3-1-5-21(15-17)27-19-7-11-23(12-8-19)29-24-13-9-20(10-14-24)28-22-6-2-4-18(26)16-22/h3-16H,36-37H2,1-2H3;1-16H,25-26H2;2*1-16H,25-26H2. The molecule has 648 valence electrons. The smallest absolute Gasteiger partial charge is 0.418 e. The predicted molar refractivity (Wildman–Crippen MR) is 495 cm³/mol. The first-order valence-corrected chi connectivity index (χ1v) is 42.4. The Bertz CT molecular complexity index is 6130. The van der Waals surface area contributed by atoms with E-state index in [1.54, 1.807) is 157 Å². The monoisotopic (exact) mass is 1780 g/mol. The molecule has 16 N–H and O–H groups in total. The van der Waals surface area contributed by atoms with E-state index in [2.05, 4.69) is 0 Å². The van der Waals surface area contributed by atoms with Crippen molar-refractivity contribution in [2.45, 2.75) is 61.0 Å². The van der Waals surface area contributed by atoms with Crippen LogP contribution in [0.1, 0.15) is 36.1 Å². The van der Waals surface area contributed by atoms with Crippen LogP contribution in [-0.4, -0.2) is 8.42 Å². The van der Waals surface area contributed by atoms with Crippen molar-refractivity contribution in [1.82, 2.24) is 0 Å². The topological polar surface area (TPSA) is 316 Å². The molecule has 16 aromatic carbocycles. The fourth-order valence-corrected chi connectivity index (χ4v) is 15.2. The van der Waals surface area contributed by atoms with E-state index in [1.807, 2.05) is 196 Å². The summed E-state index contributed by atoms with van der Waals surface area (Å²) < 4.78 is 151.